The van der Waals surface area contributed by atoms with Crippen molar-refractivity contribution < 1.29 is 0 Å². The van der Waals surface area contributed by atoms with Gasteiger partial charge < -0.3 is 0 Å². The van der Waals surface area contributed by atoms with E-state index in [0.717, 1.165) is 21.5 Å². The van der Waals surface area contributed by atoms with Crippen molar-refractivity contribution in [2.45, 2.75) is 12.2 Å². The molecule has 18 heavy (non-hydrogen) atoms. The number of amidine groups is 1. The number of nitrogens with zero attached hydrogens (tertiary/aromatic N) is 2. The first-order valence-electron chi connectivity index (χ1n) is 5.62. The normalized spacial score (nSPS) is 21.3. The average molecular weight is 280 g/mol. The number of aliphatic imine (C=N–C) groups is 1. The standard InChI is InChI=1S/C13H14ClN3S/c1-3-8-15-13-17-16-12(9(2)18-13)10-4-6-11(14)7-5-10/h3-7,9H,1,8H2,2H3,(H,15,17). The van der Waals surface area contributed by atoms with Crippen molar-refractivity contribution in [2.75, 3.05) is 6.54 Å². The number of thioether (sulfide) groups is 1. The molecule has 1 atom stereocenters. The highest BCUT2D eigenvalue weighted by atomic mass is 35.5. The monoisotopic (exact) mass is 279 g/mol. The molecule has 0 radical (unpaired) electrons. The molecule has 1 heterocycles. The third-order valence-electron chi connectivity index (χ3n) is 2.45. The van der Waals surface area contributed by atoms with Gasteiger partial charge in [-0.2, -0.15) is 5.10 Å². The van der Waals surface area contributed by atoms with Gasteiger partial charge in [0, 0.05) is 5.02 Å². The summed E-state index contributed by atoms with van der Waals surface area (Å²) in [7, 11) is 0. The van der Waals surface area contributed by atoms with E-state index < -0.39 is 0 Å². The van der Waals surface area contributed by atoms with Crippen LogP contribution in [0.15, 0.2) is 47.0 Å². The summed E-state index contributed by atoms with van der Waals surface area (Å²) in [5.41, 5.74) is 5.05. The van der Waals surface area contributed by atoms with Gasteiger partial charge in [-0.25, -0.2) is 0 Å². The summed E-state index contributed by atoms with van der Waals surface area (Å²) in [4.78, 5) is 4.32. The van der Waals surface area contributed by atoms with Crippen molar-refractivity contribution in [1.29, 1.82) is 0 Å². The van der Waals surface area contributed by atoms with Crippen LogP contribution in [-0.4, -0.2) is 22.7 Å². The fourth-order valence-corrected chi connectivity index (χ4v) is 2.60. The average Bonchev–Trinajstić information content (AvgIpc) is 2.38. The molecule has 0 amide bonds. The Morgan fingerprint density at radius 2 is 2.22 bits per heavy atom. The fourth-order valence-electron chi connectivity index (χ4n) is 1.59. The molecule has 5 heteroatoms. The van der Waals surface area contributed by atoms with Gasteiger partial charge in [-0.3, -0.25) is 10.4 Å². The van der Waals surface area contributed by atoms with Crippen LogP contribution in [0.5, 0.6) is 0 Å². The number of halogens is 1. The van der Waals surface area contributed by atoms with E-state index in [-0.39, 0.29) is 5.25 Å². The zero-order chi connectivity index (χ0) is 13.0. The van der Waals surface area contributed by atoms with E-state index in [4.69, 9.17) is 11.6 Å². The van der Waals surface area contributed by atoms with Gasteiger partial charge >= 0.3 is 0 Å². The zero-order valence-electron chi connectivity index (χ0n) is 10.1. The van der Waals surface area contributed by atoms with Crippen molar-refractivity contribution >= 4 is 34.2 Å². The Hall–Kier alpha value is -1.26. The van der Waals surface area contributed by atoms with Gasteiger partial charge in [0.2, 0.25) is 0 Å². The van der Waals surface area contributed by atoms with E-state index in [1.807, 2.05) is 24.3 Å². The van der Waals surface area contributed by atoms with E-state index >= 15 is 0 Å². The van der Waals surface area contributed by atoms with Crippen LogP contribution in [-0.2, 0) is 0 Å². The highest BCUT2D eigenvalue weighted by Crippen LogP contribution is 2.22. The second-order valence-electron chi connectivity index (χ2n) is 3.81. The van der Waals surface area contributed by atoms with Gasteiger partial charge in [-0.15, -0.1) is 6.58 Å². The van der Waals surface area contributed by atoms with Gasteiger partial charge in [-0.05, 0) is 24.6 Å². The lowest BCUT2D eigenvalue weighted by Gasteiger charge is -2.21. The molecule has 0 aromatic heterocycles. The fraction of sp³-hybridized carbons (Fsp3) is 0.231. The number of nitrogens with one attached hydrogen (secondary N) is 1. The summed E-state index contributed by atoms with van der Waals surface area (Å²) in [6, 6.07) is 7.70. The Morgan fingerprint density at radius 3 is 2.83 bits per heavy atom. The molecule has 2 rings (SSSR count). The molecule has 1 aromatic rings. The maximum Gasteiger partial charge on any atom is 0.178 e. The minimum atomic E-state index is 0.260. The van der Waals surface area contributed by atoms with Gasteiger partial charge in [-0.1, -0.05) is 41.6 Å². The third-order valence-corrected chi connectivity index (χ3v) is 3.72. The summed E-state index contributed by atoms with van der Waals surface area (Å²) in [5, 5.41) is 6.21. The smallest absolute Gasteiger partial charge is 0.178 e. The van der Waals surface area contributed by atoms with Crippen LogP contribution in [0.1, 0.15) is 12.5 Å². The summed E-state index contributed by atoms with van der Waals surface area (Å²) in [6.45, 7) is 6.36. The molecule has 1 unspecified atom stereocenters. The van der Waals surface area contributed by atoms with Crippen LogP contribution < -0.4 is 5.43 Å². The summed E-state index contributed by atoms with van der Waals surface area (Å²) < 4.78 is 0. The molecule has 0 spiro atoms. The maximum atomic E-state index is 5.88. The Kier molecular flexibility index (Phi) is 4.44. The molecule has 0 saturated heterocycles. The molecule has 1 aromatic carbocycles. The SMILES string of the molecule is C=CCN=C1NN=C(c2ccc(Cl)cc2)C(C)S1. The van der Waals surface area contributed by atoms with E-state index in [9.17, 15) is 0 Å². The molecule has 0 saturated carbocycles. The second-order valence-corrected chi connectivity index (χ2v) is 5.58. The Labute approximate surface area is 116 Å². The lowest BCUT2D eigenvalue weighted by Crippen LogP contribution is -2.31. The Balaban J connectivity index is 2.18. The summed E-state index contributed by atoms with van der Waals surface area (Å²) in [5.74, 6) is 0. The van der Waals surface area contributed by atoms with Crippen molar-refractivity contribution in [3.05, 3.63) is 47.5 Å². The first-order chi connectivity index (χ1) is 8.70. The second kappa shape index (κ2) is 6.07. The molecule has 1 aliphatic rings. The summed E-state index contributed by atoms with van der Waals surface area (Å²) in [6.07, 6.45) is 1.76. The minimum Gasteiger partial charge on any atom is -0.257 e. The molecule has 1 aliphatic heterocycles. The van der Waals surface area contributed by atoms with Crippen LogP contribution in [0.3, 0.4) is 0 Å². The van der Waals surface area contributed by atoms with Crippen molar-refractivity contribution in [3.8, 4) is 0 Å². The van der Waals surface area contributed by atoms with Crippen LogP contribution in [0.25, 0.3) is 0 Å². The zero-order valence-corrected chi connectivity index (χ0v) is 11.6. The van der Waals surface area contributed by atoms with Gasteiger partial charge in [0.1, 0.15) is 0 Å². The largest absolute Gasteiger partial charge is 0.257 e. The van der Waals surface area contributed by atoms with Crippen LogP contribution in [0.4, 0.5) is 0 Å². The predicted octanol–water partition coefficient (Wildman–Crippen LogP) is 3.31. The Morgan fingerprint density at radius 1 is 1.50 bits per heavy atom. The quantitative estimate of drug-likeness (QED) is 0.862. The first-order valence-corrected chi connectivity index (χ1v) is 6.88. The number of hydrazone groups is 1. The minimum absolute atomic E-state index is 0.260. The molecule has 3 nitrogen and oxygen atoms in total. The molecule has 0 bridgehead atoms. The van der Waals surface area contributed by atoms with Crippen molar-refractivity contribution in [1.82, 2.24) is 5.43 Å². The Bertz CT molecular complexity index is 493. The molecule has 0 aliphatic carbocycles. The number of hydrogen-bond donors (Lipinski definition) is 1. The van der Waals surface area contributed by atoms with Crippen LogP contribution >= 0.6 is 23.4 Å². The lowest BCUT2D eigenvalue weighted by molar-refractivity contribution is 1.00. The number of hydrogen-bond acceptors (Lipinski definition) is 3. The van der Waals surface area contributed by atoms with Crippen LogP contribution in [0.2, 0.25) is 5.02 Å². The highest BCUT2D eigenvalue weighted by Gasteiger charge is 2.20. The predicted molar refractivity (Wildman–Crippen MR) is 80.7 cm³/mol. The first kappa shape index (κ1) is 13.2. The van der Waals surface area contributed by atoms with E-state index in [1.54, 1.807) is 17.8 Å². The van der Waals surface area contributed by atoms with Gasteiger partial charge in [0.05, 0.1) is 17.5 Å². The molecule has 94 valence electrons. The molecule has 0 fully saturated rings. The van der Waals surface area contributed by atoms with E-state index in [1.165, 1.54) is 0 Å². The highest BCUT2D eigenvalue weighted by molar-refractivity contribution is 8.15. The maximum absolute atomic E-state index is 5.88. The van der Waals surface area contributed by atoms with Crippen molar-refractivity contribution in [3.63, 3.8) is 0 Å². The van der Waals surface area contributed by atoms with Crippen LogP contribution in [0, 0.1) is 0 Å². The lowest BCUT2D eigenvalue weighted by atomic mass is 10.1. The summed E-state index contributed by atoms with van der Waals surface area (Å²) >= 11 is 7.54. The van der Waals surface area contributed by atoms with E-state index in [0.29, 0.717) is 6.54 Å². The van der Waals surface area contributed by atoms with Gasteiger partial charge in [0.15, 0.2) is 5.17 Å². The third kappa shape index (κ3) is 3.15. The molecular formula is C13H14ClN3S. The molecular weight excluding hydrogens is 266 g/mol. The molecule has 1 N–H and O–H groups in total. The van der Waals surface area contributed by atoms with Gasteiger partial charge in [0.25, 0.3) is 0 Å². The van der Waals surface area contributed by atoms with E-state index in [2.05, 4.69) is 29.0 Å². The topological polar surface area (TPSA) is 36.8 Å². The number of benzene rings is 1. The number of rotatable bonds is 3. The van der Waals surface area contributed by atoms with Crippen molar-refractivity contribution in [2.24, 2.45) is 10.1 Å².